The Kier molecular flexibility index (Phi) is 4.45. The number of aromatic nitrogens is 4. The summed E-state index contributed by atoms with van der Waals surface area (Å²) in [5.74, 6) is 0.830. The largest absolute Gasteiger partial charge is 0.336 e. The molecule has 1 aliphatic rings. The van der Waals surface area contributed by atoms with Crippen molar-refractivity contribution in [2.24, 2.45) is 11.3 Å². The van der Waals surface area contributed by atoms with Crippen LogP contribution >= 0.6 is 11.3 Å². The van der Waals surface area contributed by atoms with Crippen molar-refractivity contribution in [3.05, 3.63) is 22.6 Å². The predicted octanol–water partition coefficient (Wildman–Crippen LogP) is 3.97. The van der Waals surface area contributed by atoms with Crippen molar-refractivity contribution in [3.8, 4) is 0 Å². The van der Waals surface area contributed by atoms with Gasteiger partial charge in [0.05, 0.1) is 5.39 Å². The number of hydrogen-bond donors (Lipinski definition) is 0. The Bertz CT molecular complexity index is 1010. The van der Waals surface area contributed by atoms with Crippen molar-refractivity contribution >= 4 is 33.1 Å². The number of carbonyl (C=O) groups excluding carboxylic acids is 1. The molecule has 144 valence electrons. The predicted molar refractivity (Wildman–Crippen MR) is 108 cm³/mol. The molecule has 1 atom stereocenters. The smallest absolute Gasteiger partial charge is 0.293 e. The standard InChI is InChI=1S/C20H27N5OS/c1-6-24(7-2)19(26)16-22-17-15-13-9-8-12(20(3,4)5)10-14(13)27-18(15)21-11-25(17)23-16/h11-12H,6-10H2,1-5H3/t12-/m0/s1. The van der Waals surface area contributed by atoms with Crippen molar-refractivity contribution in [1.82, 2.24) is 24.5 Å². The maximum absolute atomic E-state index is 12.7. The summed E-state index contributed by atoms with van der Waals surface area (Å²) < 4.78 is 1.67. The molecular formula is C20H27N5OS. The van der Waals surface area contributed by atoms with Crippen LogP contribution in [0.2, 0.25) is 0 Å². The molecule has 0 aromatic carbocycles. The van der Waals surface area contributed by atoms with E-state index in [0.717, 1.165) is 28.7 Å². The highest BCUT2D eigenvalue weighted by Gasteiger charge is 2.32. The average molecular weight is 386 g/mol. The summed E-state index contributed by atoms with van der Waals surface area (Å²) in [5, 5.41) is 5.51. The molecule has 27 heavy (non-hydrogen) atoms. The summed E-state index contributed by atoms with van der Waals surface area (Å²) >= 11 is 1.78. The van der Waals surface area contributed by atoms with E-state index in [1.54, 1.807) is 27.1 Å². The van der Waals surface area contributed by atoms with Crippen LogP contribution in [0, 0.1) is 11.3 Å². The molecule has 1 amide bonds. The van der Waals surface area contributed by atoms with Crippen LogP contribution < -0.4 is 0 Å². The van der Waals surface area contributed by atoms with Crippen LogP contribution in [0.4, 0.5) is 0 Å². The van der Waals surface area contributed by atoms with Crippen LogP contribution in [-0.2, 0) is 12.8 Å². The van der Waals surface area contributed by atoms with E-state index in [-0.39, 0.29) is 11.7 Å². The molecule has 1 aliphatic carbocycles. The molecule has 0 N–H and O–H groups in total. The summed E-state index contributed by atoms with van der Waals surface area (Å²) in [6, 6.07) is 0. The third kappa shape index (κ3) is 3.02. The molecule has 3 heterocycles. The van der Waals surface area contributed by atoms with E-state index in [9.17, 15) is 4.79 Å². The van der Waals surface area contributed by atoms with Gasteiger partial charge in [0.1, 0.15) is 11.2 Å². The van der Waals surface area contributed by atoms with E-state index < -0.39 is 0 Å². The number of aryl methyl sites for hydroxylation is 1. The number of carbonyl (C=O) groups is 1. The zero-order chi connectivity index (χ0) is 19.3. The first kappa shape index (κ1) is 18.3. The second kappa shape index (κ2) is 6.55. The zero-order valence-corrected chi connectivity index (χ0v) is 17.6. The fourth-order valence-corrected chi connectivity index (χ4v) is 5.32. The lowest BCUT2D eigenvalue weighted by Gasteiger charge is -2.33. The molecule has 0 spiro atoms. The highest BCUT2D eigenvalue weighted by molar-refractivity contribution is 7.19. The second-order valence-electron chi connectivity index (χ2n) is 8.42. The van der Waals surface area contributed by atoms with Crippen LogP contribution in [0.1, 0.15) is 62.1 Å². The van der Waals surface area contributed by atoms with Gasteiger partial charge in [-0.05, 0) is 50.0 Å². The molecule has 0 saturated carbocycles. The van der Waals surface area contributed by atoms with Gasteiger partial charge >= 0.3 is 0 Å². The first-order valence-corrected chi connectivity index (χ1v) is 10.6. The number of nitrogens with zero attached hydrogens (tertiary/aromatic N) is 5. The first-order valence-electron chi connectivity index (χ1n) is 9.78. The third-order valence-corrected chi connectivity index (χ3v) is 7.01. The topological polar surface area (TPSA) is 63.4 Å². The van der Waals surface area contributed by atoms with Crippen molar-refractivity contribution in [3.63, 3.8) is 0 Å². The molecule has 6 nitrogen and oxygen atoms in total. The summed E-state index contributed by atoms with van der Waals surface area (Å²) in [5.41, 5.74) is 2.44. The van der Waals surface area contributed by atoms with Gasteiger partial charge in [0.25, 0.3) is 5.91 Å². The van der Waals surface area contributed by atoms with Crippen LogP contribution in [0.25, 0.3) is 15.9 Å². The Balaban J connectivity index is 1.81. The molecule has 0 aliphatic heterocycles. The van der Waals surface area contributed by atoms with Gasteiger partial charge in [0, 0.05) is 18.0 Å². The lowest BCUT2D eigenvalue weighted by atomic mass is 9.72. The first-order chi connectivity index (χ1) is 12.8. The fourth-order valence-electron chi connectivity index (χ4n) is 4.06. The fraction of sp³-hybridized carbons (Fsp3) is 0.600. The van der Waals surface area contributed by atoms with Crippen molar-refractivity contribution in [2.45, 2.75) is 53.9 Å². The normalized spacial score (nSPS) is 17.4. The van der Waals surface area contributed by atoms with Gasteiger partial charge in [-0.3, -0.25) is 4.79 Å². The molecule has 0 unspecified atom stereocenters. The van der Waals surface area contributed by atoms with Crippen LogP contribution in [-0.4, -0.2) is 43.5 Å². The highest BCUT2D eigenvalue weighted by atomic mass is 32.1. The van der Waals surface area contributed by atoms with Gasteiger partial charge in [-0.1, -0.05) is 20.8 Å². The number of fused-ring (bicyclic) bond motifs is 5. The van der Waals surface area contributed by atoms with Gasteiger partial charge in [0.15, 0.2) is 5.65 Å². The van der Waals surface area contributed by atoms with Gasteiger partial charge in [-0.2, -0.15) is 0 Å². The van der Waals surface area contributed by atoms with Crippen LogP contribution in [0.3, 0.4) is 0 Å². The van der Waals surface area contributed by atoms with E-state index in [0.29, 0.717) is 24.4 Å². The molecule has 0 saturated heterocycles. The van der Waals surface area contributed by atoms with Gasteiger partial charge in [-0.15, -0.1) is 16.4 Å². The van der Waals surface area contributed by atoms with Gasteiger partial charge in [-0.25, -0.2) is 14.5 Å². The lowest BCUT2D eigenvalue weighted by molar-refractivity contribution is 0.0761. The molecule has 7 heteroatoms. The van der Waals surface area contributed by atoms with Crippen LogP contribution in [0.15, 0.2) is 6.33 Å². The maximum atomic E-state index is 12.7. The molecule has 0 bridgehead atoms. The quantitative estimate of drug-likeness (QED) is 0.684. The van der Waals surface area contributed by atoms with E-state index in [1.807, 2.05) is 13.8 Å². The minimum Gasteiger partial charge on any atom is -0.336 e. The van der Waals surface area contributed by atoms with E-state index in [4.69, 9.17) is 0 Å². The highest BCUT2D eigenvalue weighted by Crippen LogP contribution is 2.43. The van der Waals surface area contributed by atoms with Crippen molar-refractivity contribution in [2.75, 3.05) is 13.1 Å². The lowest BCUT2D eigenvalue weighted by Crippen LogP contribution is -2.31. The minimum absolute atomic E-state index is 0.117. The molecule has 3 aromatic rings. The number of rotatable bonds is 3. The minimum atomic E-state index is -0.117. The second-order valence-corrected chi connectivity index (χ2v) is 9.50. The summed E-state index contributed by atoms with van der Waals surface area (Å²) in [4.78, 5) is 26.1. The Labute approximate surface area is 163 Å². The molecule has 3 aromatic heterocycles. The van der Waals surface area contributed by atoms with Gasteiger partial charge < -0.3 is 4.90 Å². The van der Waals surface area contributed by atoms with E-state index in [2.05, 4.69) is 35.8 Å². The Hall–Kier alpha value is -2.02. The average Bonchev–Trinajstić information content (AvgIpc) is 3.21. The molecule has 4 rings (SSSR count). The third-order valence-electron chi connectivity index (χ3n) is 5.85. The summed E-state index contributed by atoms with van der Waals surface area (Å²) in [6.45, 7) is 12.2. The molecule has 0 fully saturated rings. The maximum Gasteiger partial charge on any atom is 0.293 e. The summed E-state index contributed by atoms with van der Waals surface area (Å²) in [6.07, 6.45) is 5.02. The van der Waals surface area contributed by atoms with Crippen LogP contribution in [0.5, 0.6) is 0 Å². The summed E-state index contributed by atoms with van der Waals surface area (Å²) in [7, 11) is 0. The van der Waals surface area contributed by atoms with E-state index in [1.165, 1.54) is 16.9 Å². The number of thiophene rings is 1. The van der Waals surface area contributed by atoms with Gasteiger partial charge in [0.2, 0.25) is 5.82 Å². The molecule has 0 radical (unpaired) electrons. The Morgan fingerprint density at radius 2 is 2.07 bits per heavy atom. The Morgan fingerprint density at radius 1 is 1.33 bits per heavy atom. The Morgan fingerprint density at radius 3 is 2.74 bits per heavy atom. The molecular weight excluding hydrogens is 358 g/mol. The van der Waals surface area contributed by atoms with Crippen molar-refractivity contribution in [1.29, 1.82) is 0 Å². The SMILES string of the molecule is CCN(CC)C(=O)c1nc2c3c4c(sc3ncn2n1)C[C@@H](C(C)(C)C)CC4. The number of hydrogen-bond acceptors (Lipinski definition) is 5. The van der Waals surface area contributed by atoms with E-state index >= 15 is 0 Å². The number of amides is 1. The monoisotopic (exact) mass is 385 g/mol. The zero-order valence-electron chi connectivity index (χ0n) is 16.7. The van der Waals surface area contributed by atoms with Crippen molar-refractivity contribution < 1.29 is 4.79 Å².